The average Bonchev–Trinajstić information content (AvgIpc) is 2.86. The fraction of sp³-hybridized carbons (Fsp3) is 0.0714. The molecule has 1 aliphatic heterocycles. The van der Waals surface area contributed by atoms with Crippen molar-refractivity contribution in [2.75, 3.05) is 7.11 Å². The van der Waals surface area contributed by atoms with Crippen LogP contribution in [-0.4, -0.2) is 13.3 Å². The smallest absolute Gasteiger partial charge is 0.234 e. The largest absolute Gasteiger partial charge is 0.497 e. The van der Waals surface area contributed by atoms with Crippen LogP contribution in [0.4, 0.5) is 0 Å². The van der Waals surface area contributed by atoms with E-state index in [1.54, 1.807) is 13.3 Å². The number of aliphatic imine (C=N–C) groups is 1. The van der Waals surface area contributed by atoms with Crippen LogP contribution in [0.3, 0.4) is 0 Å². The Morgan fingerprint density at radius 1 is 1.00 bits per heavy atom. The Labute approximate surface area is 197 Å². The van der Waals surface area contributed by atoms with E-state index in [4.69, 9.17) is 21.1 Å². The predicted octanol–water partition coefficient (Wildman–Crippen LogP) is 6.88. The van der Waals surface area contributed by atoms with Gasteiger partial charge in [0.15, 0.2) is 0 Å². The number of ether oxygens (including phenoxy) is 2. The summed E-state index contributed by atoms with van der Waals surface area (Å²) >= 11 is 6.33. The van der Waals surface area contributed by atoms with Gasteiger partial charge in [-0.1, -0.05) is 54.1 Å². The summed E-state index contributed by atoms with van der Waals surface area (Å²) in [6, 6.07) is 29.5. The van der Waals surface area contributed by atoms with Crippen LogP contribution < -0.4 is 9.47 Å². The van der Waals surface area contributed by atoms with Gasteiger partial charge in [-0.15, -0.1) is 0 Å². The summed E-state index contributed by atoms with van der Waals surface area (Å²) in [6.07, 6.45) is 1.69. The number of nitrogens with zero attached hydrogens (tertiary/aromatic N) is 2. The normalized spacial score (nSPS) is 15.2. The van der Waals surface area contributed by atoms with Crippen molar-refractivity contribution in [2.45, 2.75) is 5.92 Å². The van der Waals surface area contributed by atoms with Gasteiger partial charge in [0.2, 0.25) is 5.88 Å². The molecule has 0 spiro atoms. The number of hydrogen-bond donors (Lipinski definition) is 0. The van der Waals surface area contributed by atoms with Crippen LogP contribution in [-0.2, 0) is 0 Å². The van der Waals surface area contributed by atoms with Gasteiger partial charge in [0.25, 0.3) is 0 Å². The molecular weight excluding hydrogens is 432 g/mol. The standard InChI is InChI=1S/C28H19ClN2O2/c1-32-22-12-9-18(10-13-22)17-31-28-24(16-30)26(20-6-4-7-21(29)15-20)27-23-8-3-2-5-19(23)11-14-25(27)33-28/h2-15,17,26H,1H3/b31-17+. The van der Waals surface area contributed by atoms with Crippen LogP contribution in [0.25, 0.3) is 10.8 Å². The molecule has 5 heteroatoms. The topological polar surface area (TPSA) is 54.6 Å². The van der Waals surface area contributed by atoms with Crippen molar-refractivity contribution >= 4 is 28.6 Å². The Balaban J connectivity index is 1.68. The molecular formula is C28H19ClN2O2. The lowest BCUT2D eigenvalue weighted by atomic mass is 9.81. The average molecular weight is 451 g/mol. The number of hydrogen-bond acceptors (Lipinski definition) is 4. The zero-order chi connectivity index (χ0) is 22.8. The molecule has 4 aromatic rings. The number of rotatable bonds is 4. The molecule has 1 aliphatic rings. The number of benzene rings is 4. The van der Waals surface area contributed by atoms with Crippen molar-refractivity contribution in [3.05, 3.63) is 118 Å². The minimum absolute atomic E-state index is 0.279. The number of nitriles is 1. The first-order valence-corrected chi connectivity index (χ1v) is 10.8. The second kappa shape index (κ2) is 8.82. The third kappa shape index (κ3) is 3.95. The highest BCUT2D eigenvalue weighted by atomic mass is 35.5. The first kappa shape index (κ1) is 20.8. The summed E-state index contributed by atoms with van der Waals surface area (Å²) in [7, 11) is 1.63. The molecule has 0 aliphatic carbocycles. The van der Waals surface area contributed by atoms with E-state index in [0.29, 0.717) is 16.3 Å². The van der Waals surface area contributed by atoms with E-state index in [2.05, 4.69) is 23.2 Å². The van der Waals surface area contributed by atoms with E-state index in [1.807, 2.05) is 72.8 Å². The third-order valence-electron chi connectivity index (χ3n) is 5.69. The molecule has 160 valence electrons. The molecule has 0 saturated heterocycles. The molecule has 0 N–H and O–H groups in total. The highest BCUT2D eigenvalue weighted by Crippen LogP contribution is 2.46. The first-order valence-electron chi connectivity index (χ1n) is 10.5. The van der Waals surface area contributed by atoms with E-state index >= 15 is 0 Å². The van der Waals surface area contributed by atoms with Crippen LogP contribution in [0.1, 0.15) is 22.6 Å². The molecule has 0 bridgehead atoms. The summed E-state index contributed by atoms with van der Waals surface area (Å²) in [5.74, 6) is 1.37. The molecule has 0 fully saturated rings. The lowest BCUT2D eigenvalue weighted by molar-refractivity contribution is 0.396. The van der Waals surface area contributed by atoms with Gasteiger partial charge in [0.1, 0.15) is 23.1 Å². The molecule has 33 heavy (non-hydrogen) atoms. The van der Waals surface area contributed by atoms with E-state index in [-0.39, 0.29) is 11.8 Å². The maximum Gasteiger partial charge on any atom is 0.234 e. The van der Waals surface area contributed by atoms with E-state index in [0.717, 1.165) is 33.2 Å². The molecule has 0 radical (unpaired) electrons. The van der Waals surface area contributed by atoms with Gasteiger partial charge in [-0.3, -0.25) is 0 Å². The van der Waals surface area contributed by atoms with Gasteiger partial charge in [0, 0.05) is 16.8 Å². The van der Waals surface area contributed by atoms with Crippen LogP contribution >= 0.6 is 11.6 Å². The molecule has 1 atom stereocenters. The number of allylic oxidation sites excluding steroid dienone is 1. The first-order chi connectivity index (χ1) is 16.2. The van der Waals surface area contributed by atoms with Crippen molar-refractivity contribution < 1.29 is 9.47 Å². The highest BCUT2D eigenvalue weighted by molar-refractivity contribution is 6.30. The second-order valence-electron chi connectivity index (χ2n) is 7.65. The molecule has 0 aromatic heterocycles. The lowest BCUT2D eigenvalue weighted by Crippen LogP contribution is -2.16. The Morgan fingerprint density at radius 2 is 1.82 bits per heavy atom. The Kier molecular flexibility index (Phi) is 5.56. The quantitative estimate of drug-likeness (QED) is 0.318. The Hall–Kier alpha value is -4.07. The highest BCUT2D eigenvalue weighted by Gasteiger charge is 2.33. The van der Waals surface area contributed by atoms with Gasteiger partial charge >= 0.3 is 0 Å². The van der Waals surface area contributed by atoms with E-state index in [9.17, 15) is 5.26 Å². The minimum Gasteiger partial charge on any atom is -0.497 e. The van der Waals surface area contributed by atoms with Crippen LogP contribution in [0, 0.1) is 11.3 Å². The predicted molar refractivity (Wildman–Crippen MR) is 131 cm³/mol. The van der Waals surface area contributed by atoms with Crippen molar-refractivity contribution in [3.63, 3.8) is 0 Å². The fourth-order valence-corrected chi connectivity index (χ4v) is 4.34. The number of methoxy groups -OCH3 is 1. The molecule has 5 rings (SSSR count). The lowest BCUT2D eigenvalue weighted by Gasteiger charge is -2.28. The minimum atomic E-state index is -0.355. The Morgan fingerprint density at radius 3 is 2.58 bits per heavy atom. The van der Waals surface area contributed by atoms with Crippen molar-refractivity contribution in [2.24, 2.45) is 4.99 Å². The molecule has 0 saturated carbocycles. The van der Waals surface area contributed by atoms with Crippen molar-refractivity contribution in [3.8, 4) is 17.6 Å². The van der Waals surface area contributed by atoms with Crippen LogP contribution in [0.15, 0.2) is 101 Å². The van der Waals surface area contributed by atoms with Gasteiger partial charge < -0.3 is 9.47 Å². The summed E-state index contributed by atoms with van der Waals surface area (Å²) in [4.78, 5) is 4.57. The molecule has 4 nitrogen and oxygen atoms in total. The van der Waals surface area contributed by atoms with Gasteiger partial charge in [-0.25, -0.2) is 4.99 Å². The zero-order valence-corrected chi connectivity index (χ0v) is 18.6. The molecule has 1 heterocycles. The summed E-state index contributed by atoms with van der Waals surface area (Å²) < 4.78 is 11.4. The van der Waals surface area contributed by atoms with Crippen molar-refractivity contribution in [1.82, 2.24) is 0 Å². The van der Waals surface area contributed by atoms with Crippen LogP contribution in [0.5, 0.6) is 11.5 Å². The maximum absolute atomic E-state index is 10.2. The Bertz CT molecular complexity index is 1450. The van der Waals surface area contributed by atoms with Crippen molar-refractivity contribution in [1.29, 1.82) is 5.26 Å². The van der Waals surface area contributed by atoms with Crippen LogP contribution in [0.2, 0.25) is 5.02 Å². The molecule has 0 amide bonds. The second-order valence-corrected chi connectivity index (χ2v) is 8.09. The SMILES string of the molecule is COc1ccc(/C=N/C2=C(C#N)C(c3cccc(Cl)c3)c3c(ccc4ccccc34)O2)cc1. The zero-order valence-electron chi connectivity index (χ0n) is 17.8. The molecule has 1 unspecified atom stereocenters. The van der Waals surface area contributed by atoms with Gasteiger partial charge in [-0.05, 0) is 64.4 Å². The summed E-state index contributed by atoms with van der Waals surface area (Å²) in [5, 5.41) is 12.9. The monoisotopic (exact) mass is 450 g/mol. The van der Waals surface area contributed by atoms with Gasteiger partial charge in [-0.2, -0.15) is 5.26 Å². The number of fused-ring (bicyclic) bond motifs is 3. The fourth-order valence-electron chi connectivity index (χ4n) is 4.14. The molecule has 4 aromatic carbocycles. The van der Waals surface area contributed by atoms with Gasteiger partial charge in [0.05, 0.1) is 13.0 Å². The summed E-state index contributed by atoms with van der Waals surface area (Å²) in [6.45, 7) is 0. The maximum atomic E-state index is 10.2. The number of halogens is 1. The van der Waals surface area contributed by atoms with E-state index < -0.39 is 0 Å². The third-order valence-corrected chi connectivity index (χ3v) is 5.93. The van der Waals surface area contributed by atoms with E-state index in [1.165, 1.54) is 0 Å². The summed E-state index contributed by atoms with van der Waals surface area (Å²) in [5.41, 5.74) is 3.16.